The zero-order chi connectivity index (χ0) is 17.5. The maximum Gasteiger partial charge on any atom is 0.223 e. The number of amides is 1. The maximum absolute atomic E-state index is 13.7. The predicted octanol–water partition coefficient (Wildman–Crippen LogP) is 3.46. The minimum Gasteiger partial charge on any atom is -0.494 e. The van der Waals surface area contributed by atoms with Gasteiger partial charge in [-0.2, -0.15) is 0 Å². The average molecular weight is 329 g/mol. The van der Waals surface area contributed by atoms with Gasteiger partial charge in [-0.15, -0.1) is 0 Å². The smallest absolute Gasteiger partial charge is 0.223 e. The second-order valence-electron chi connectivity index (χ2n) is 5.51. The fraction of sp³-hybridized carbons (Fsp3) is 0.263. The van der Waals surface area contributed by atoms with E-state index in [0.29, 0.717) is 11.1 Å². The second kappa shape index (κ2) is 8.24. The van der Waals surface area contributed by atoms with Crippen molar-refractivity contribution in [2.75, 3.05) is 14.2 Å². The van der Waals surface area contributed by atoms with E-state index in [9.17, 15) is 14.0 Å². The number of hydrogen-bond donors (Lipinski definition) is 0. The van der Waals surface area contributed by atoms with E-state index in [4.69, 9.17) is 4.74 Å². The molecule has 0 atom stereocenters. The number of ether oxygens (including phenoxy) is 1. The molecule has 2 rings (SSSR count). The third-order valence-electron chi connectivity index (χ3n) is 3.72. The molecule has 5 heteroatoms. The van der Waals surface area contributed by atoms with Crippen molar-refractivity contribution in [2.24, 2.45) is 0 Å². The molecule has 2 aromatic carbocycles. The summed E-state index contributed by atoms with van der Waals surface area (Å²) in [6.45, 7) is 0.277. The van der Waals surface area contributed by atoms with E-state index in [1.807, 2.05) is 6.07 Å². The Labute approximate surface area is 140 Å². The van der Waals surface area contributed by atoms with Crippen molar-refractivity contribution in [1.29, 1.82) is 0 Å². The van der Waals surface area contributed by atoms with Crippen LogP contribution in [0.4, 0.5) is 4.39 Å². The van der Waals surface area contributed by atoms with Crippen molar-refractivity contribution < 1.29 is 18.7 Å². The topological polar surface area (TPSA) is 46.6 Å². The van der Waals surface area contributed by atoms with Crippen molar-refractivity contribution in [3.63, 3.8) is 0 Å². The summed E-state index contributed by atoms with van der Waals surface area (Å²) in [5.74, 6) is -0.514. The Kier molecular flexibility index (Phi) is 6.07. The van der Waals surface area contributed by atoms with Gasteiger partial charge in [0.05, 0.1) is 7.11 Å². The van der Waals surface area contributed by atoms with Gasteiger partial charge >= 0.3 is 0 Å². The highest BCUT2D eigenvalue weighted by Crippen LogP contribution is 2.18. The first kappa shape index (κ1) is 17.7. The van der Waals surface area contributed by atoms with E-state index in [1.54, 1.807) is 37.4 Å². The van der Waals surface area contributed by atoms with E-state index in [2.05, 4.69) is 0 Å². The van der Waals surface area contributed by atoms with Gasteiger partial charge in [-0.25, -0.2) is 4.39 Å². The molecular weight excluding hydrogens is 309 g/mol. The summed E-state index contributed by atoms with van der Waals surface area (Å²) in [5, 5.41) is 0. The Morgan fingerprint density at radius 3 is 2.42 bits per heavy atom. The highest BCUT2D eigenvalue weighted by molar-refractivity contribution is 5.97. The number of Topliss-reactive ketones (excluding diaryl/α,β-unsaturated/α-hetero) is 1. The standard InChI is InChI=1S/C19H20FNO3/c1-21(13-14-8-10-18(24-2)16(20)12-14)19(23)11-9-17(22)15-6-4-3-5-7-15/h3-8,10,12H,9,11,13H2,1-2H3. The number of benzene rings is 2. The van der Waals surface area contributed by atoms with Crippen molar-refractivity contribution in [3.05, 3.63) is 65.5 Å². The summed E-state index contributed by atoms with van der Waals surface area (Å²) in [7, 11) is 3.04. The van der Waals surface area contributed by atoms with Crippen molar-refractivity contribution in [3.8, 4) is 5.75 Å². The maximum atomic E-state index is 13.7. The number of carbonyl (C=O) groups excluding carboxylic acids is 2. The molecule has 0 saturated carbocycles. The van der Waals surface area contributed by atoms with Crippen LogP contribution in [0.1, 0.15) is 28.8 Å². The summed E-state index contributed by atoms with van der Waals surface area (Å²) in [5.41, 5.74) is 1.27. The lowest BCUT2D eigenvalue weighted by Crippen LogP contribution is -2.26. The molecule has 4 nitrogen and oxygen atoms in total. The molecule has 0 heterocycles. The molecule has 126 valence electrons. The first-order valence-corrected chi connectivity index (χ1v) is 7.66. The quantitative estimate of drug-likeness (QED) is 0.731. The number of rotatable bonds is 7. The summed E-state index contributed by atoms with van der Waals surface area (Å²) < 4.78 is 18.5. The van der Waals surface area contributed by atoms with E-state index < -0.39 is 5.82 Å². The van der Waals surface area contributed by atoms with Gasteiger partial charge in [0.15, 0.2) is 17.3 Å². The first-order valence-electron chi connectivity index (χ1n) is 7.66. The van der Waals surface area contributed by atoms with Gasteiger partial charge in [0.1, 0.15) is 0 Å². The number of carbonyl (C=O) groups is 2. The van der Waals surface area contributed by atoms with Crippen molar-refractivity contribution >= 4 is 11.7 Å². The highest BCUT2D eigenvalue weighted by atomic mass is 19.1. The summed E-state index contributed by atoms with van der Waals surface area (Å²) in [6.07, 6.45) is 0.285. The lowest BCUT2D eigenvalue weighted by molar-refractivity contribution is -0.130. The van der Waals surface area contributed by atoms with Crippen LogP contribution >= 0.6 is 0 Å². The summed E-state index contributed by atoms with van der Waals surface area (Å²) >= 11 is 0. The van der Waals surface area contributed by atoms with Crippen molar-refractivity contribution in [1.82, 2.24) is 4.90 Å². The molecule has 0 aliphatic carbocycles. The Hall–Kier alpha value is -2.69. The van der Waals surface area contributed by atoms with Crippen molar-refractivity contribution in [2.45, 2.75) is 19.4 Å². The number of halogens is 1. The molecular formula is C19H20FNO3. The monoisotopic (exact) mass is 329 g/mol. The van der Waals surface area contributed by atoms with E-state index in [0.717, 1.165) is 0 Å². The summed E-state index contributed by atoms with van der Waals surface area (Å²) in [6, 6.07) is 13.5. The van der Waals surface area contributed by atoms with Crippen LogP contribution in [0.25, 0.3) is 0 Å². The molecule has 2 aromatic rings. The molecule has 0 spiro atoms. The van der Waals surface area contributed by atoms with Gasteiger partial charge in [0.25, 0.3) is 0 Å². The SMILES string of the molecule is COc1ccc(CN(C)C(=O)CCC(=O)c2ccccc2)cc1F. The predicted molar refractivity (Wildman–Crippen MR) is 89.4 cm³/mol. The van der Waals surface area contributed by atoms with Gasteiger partial charge in [0, 0.05) is 32.0 Å². The Morgan fingerprint density at radius 2 is 1.79 bits per heavy atom. The van der Waals surface area contributed by atoms with Gasteiger partial charge in [-0.3, -0.25) is 9.59 Å². The normalized spacial score (nSPS) is 10.3. The van der Waals surface area contributed by atoms with Crippen LogP contribution < -0.4 is 4.74 Å². The minimum absolute atomic E-state index is 0.0622. The summed E-state index contributed by atoms with van der Waals surface area (Å²) in [4.78, 5) is 25.6. The van der Waals surface area contributed by atoms with Crippen LogP contribution in [-0.4, -0.2) is 30.7 Å². The van der Waals surface area contributed by atoms with Crippen LogP contribution in [0.3, 0.4) is 0 Å². The fourth-order valence-electron chi connectivity index (χ4n) is 2.35. The number of methoxy groups -OCH3 is 1. The molecule has 0 radical (unpaired) electrons. The minimum atomic E-state index is -0.463. The molecule has 0 fully saturated rings. The van der Waals surface area contributed by atoms with Crippen LogP contribution in [0, 0.1) is 5.82 Å². The highest BCUT2D eigenvalue weighted by Gasteiger charge is 2.14. The van der Waals surface area contributed by atoms with Crippen LogP contribution in [-0.2, 0) is 11.3 Å². The molecule has 0 bridgehead atoms. The second-order valence-corrected chi connectivity index (χ2v) is 5.51. The zero-order valence-corrected chi connectivity index (χ0v) is 13.8. The lowest BCUT2D eigenvalue weighted by Gasteiger charge is -2.17. The van der Waals surface area contributed by atoms with Gasteiger partial charge in [0.2, 0.25) is 5.91 Å². The Bertz CT molecular complexity index is 716. The number of nitrogens with zero attached hydrogens (tertiary/aromatic N) is 1. The molecule has 0 unspecified atom stereocenters. The fourth-order valence-corrected chi connectivity index (χ4v) is 2.35. The average Bonchev–Trinajstić information content (AvgIpc) is 2.60. The van der Waals surface area contributed by atoms with Crippen LogP contribution in [0.15, 0.2) is 48.5 Å². The molecule has 1 amide bonds. The molecule has 0 aliphatic rings. The first-order chi connectivity index (χ1) is 11.5. The lowest BCUT2D eigenvalue weighted by atomic mass is 10.1. The molecule has 0 N–H and O–H groups in total. The Morgan fingerprint density at radius 1 is 1.08 bits per heavy atom. The van der Waals surface area contributed by atoms with E-state index in [1.165, 1.54) is 24.1 Å². The van der Waals surface area contributed by atoms with E-state index in [-0.39, 0.29) is 36.8 Å². The Balaban J connectivity index is 1.88. The molecule has 24 heavy (non-hydrogen) atoms. The van der Waals surface area contributed by atoms with Crippen LogP contribution in [0.2, 0.25) is 0 Å². The molecule has 0 aliphatic heterocycles. The van der Waals surface area contributed by atoms with Gasteiger partial charge in [-0.1, -0.05) is 36.4 Å². The third-order valence-corrected chi connectivity index (χ3v) is 3.72. The van der Waals surface area contributed by atoms with E-state index >= 15 is 0 Å². The third kappa shape index (κ3) is 4.65. The van der Waals surface area contributed by atoms with Crippen LogP contribution in [0.5, 0.6) is 5.75 Å². The zero-order valence-electron chi connectivity index (χ0n) is 13.8. The van der Waals surface area contributed by atoms with Gasteiger partial charge in [-0.05, 0) is 17.7 Å². The number of hydrogen-bond acceptors (Lipinski definition) is 3. The van der Waals surface area contributed by atoms with Gasteiger partial charge < -0.3 is 9.64 Å². The molecule has 0 aromatic heterocycles. The number of ketones is 1. The molecule has 0 saturated heterocycles. The largest absolute Gasteiger partial charge is 0.494 e.